The standard InChI is InChI=1S/C35H47ClN4O6S/c1-7-18-37-35(3,4)33(41)38-47(43,44)28-15-17-32-30(21-28)40(19-10-9-11-24-20-27(36)14-12-26(24)23-45-32)22-25-13-16-29(25)31(8-2)46-34(42)39(5)6/h7-8,12,14-15,17,20-21,25,29,31,37H,1-2,9-11,13,16,18-19,22-23H2,3-6H3,(H,38,41)/t25-,29+,31-/m0/s1. The number of ether oxygens (including phenoxy) is 2. The lowest BCUT2D eigenvalue weighted by Gasteiger charge is -2.43. The number of nitrogens with one attached hydrogen (secondary N) is 2. The summed E-state index contributed by atoms with van der Waals surface area (Å²) in [5, 5.41) is 3.65. The molecule has 2 aromatic rings. The van der Waals surface area contributed by atoms with Crippen molar-refractivity contribution >= 4 is 39.3 Å². The maximum absolute atomic E-state index is 13.6. The van der Waals surface area contributed by atoms with E-state index < -0.39 is 33.7 Å². The lowest BCUT2D eigenvalue weighted by Crippen LogP contribution is -2.53. The Labute approximate surface area is 284 Å². The number of carbonyl (C=O) groups is 2. The molecule has 0 saturated heterocycles. The van der Waals surface area contributed by atoms with Gasteiger partial charge in [-0.15, -0.1) is 6.58 Å². The lowest BCUT2D eigenvalue weighted by atomic mass is 9.70. The molecule has 0 aromatic heterocycles. The number of anilines is 1. The fraction of sp³-hybridized carbons (Fsp3) is 0.486. The summed E-state index contributed by atoms with van der Waals surface area (Å²) in [5.41, 5.74) is 1.61. The summed E-state index contributed by atoms with van der Waals surface area (Å²) in [4.78, 5) is 28.9. The summed E-state index contributed by atoms with van der Waals surface area (Å²) in [6.07, 6.45) is 6.78. The summed E-state index contributed by atoms with van der Waals surface area (Å²) >= 11 is 6.32. The van der Waals surface area contributed by atoms with E-state index in [9.17, 15) is 18.0 Å². The van der Waals surface area contributed by atoms with Crippen LogP contribution in [0.4, 0.5) is 10.5 Å². The summed E-state index contributed by atoms with van der Waals surface area (Å²) in [6, 6.07) is 10.5. The van der Waals surface area contributed by atoms with E-state index >= 15 is 0 Å². The van der Waals surface area contributed by atoms with Gasteiger partial charge in [0.25, 0.3) is 15.9 Å². The second-order valence-corrected chi connectivity index (χ2v) is 15.1. The van der Waals surface area contributed by atoms with E-state index in [0.717, 1.165) is 43.2 Å². The van der Waals surface area contributed by atoms with E-state index in [2.05, 4.69) is 28.1 Å². The second kappa shape index (κ2) is 15.6. The largest absolute Gasteiger partial charge is 0.487 e. The average molecular weight is 687 g/mol. The van der Waals surface area contributed by atoms with Gasteiger partial charge in [-0.25, -0.2) is 17.9 Å². The molecule has 4 rings (SSSR count). The van der Waals surface area contributed by atoms with Gasteiger partial charge in [0.05, 0.1) is 16.1 Å². The molecular formula is C35H47ClN4O6S. The van der Waals surface area contributed by atoms with Crippen molar-refractivity contribution in [1.29, 1.82) is 0 Å². The number of hydrogen-bond acceptors (Lipinski definition) is 8. The predicted octanol–water partition coefficient (Wildman–Crippen LogP) is 5.70. The molecule has 256 valence electrons. The number of sulfonamides is 1. The summed E-state index contributed by atoms with van der Waals surface area (Å²) < 4.78 is 41.6. The number of benzene rings is 2. The van der Waals surface area contributed by atoms with Gasteiger partial charge < -0.3 is 24.6 Å². The molecule has 2 amide bonds. The van der Waals surface area contributed by atoms with E-state index in [1.807, 2.05) is 18.2 Å². The first-order valence-corrected chi connectivity index (χ1v) is 17.8. The van der Waals surface area contributed by atoms with Crippen molar-refractivity contribution in [2.45, 2.75) is 69.1 Å². The fourth-order valence-electron chi connectivity index (χ4n) is 5.87. The van der Waals surface area contributed by atoms with E-state index in [1.165, 1.54) is 11.0 Å². The van der Waals surface area contributed by atoms with Crippen molar-refractivity contribution in [2.75, 3.05) is 38.6 Å². The quantitative estimate of drug-likeness (QED) is 0.289. The third-order valence-electron chi connectivity index (χ3n) is 8.93. The molecule has 1 aliphatic heterocycles. The number of halogens is 1. The van der Waals surface area contributed by atoms with Gasteiger partial charge in [0.1, 0.15) is 18.5 Å². The molecule has 47 heavy (non-hydrogen) atoms. The zero-order valence-corrected chi connectivity index (χ0v) is 29.3. The van der Waals surface area contributed by atoms with Crippen LogP contribution in [0.5, 0.6) is 5.75 Å². The minimum Gasteiger partial charge on any atom is -0.487 e. The molecule has 1 fully saturated rings. The Balaban J connectivity index is 1.67. The molecular weight excluding hydrogens is 640 g/mol. The van der Waals surface area contributed by atoms with E-state index in [1.54, 1.807) is 52.2 Å². The Morgan fingerprint density at radius 1 is 1.15 bits per heavy atom. The number of amides is 2. The van der Waals surface area contributed by atoms with Crippen molar-refractivity contribution < 1.29 is 27.5 Å². The maximum atomic E-state index is 13.6. The zero-order valence-electron chi connectivity index (χ0n) is 27.8. The summed E-state index contributed by atoms with van der Waals surface area (Å²) in [5.74, 6) is 0.0843. The lowest BCUT2D eigenvalue weighted by molar-refractivity contribution is -0.124. The Kier molecular flexibility index (Phi) is 12.0. The van der Waals surface area contributed by atoms with Crippen LogP contribution in [0.1, 0.15) is 50.7 Å². The third kappa shape index (κ3) is 9.09. The van der Waals surface area contributed by atoms with Crippen molar-refractivity contribution in [3.8, 4) is 5.75 Å². The topological polar surface area (TPSA) is 117 Å². The van der Waals surface area contributed by atoms with Gasteiger partial charge in [0.2, 0.25) is 0 Å². The van der Waals surface area contributed by atoms with E-state index in [0.29, 0.717) is 36.1 Å². The Hall–Kier alpha value is -3.54. The smallest absolute Gasteiger partial charge is 0.409 e. The van der Waals surface area contributed by atoms with Crippen molar-refractivity contribution in [3.05, 3.63) is 77.9 Å². The molecule has 0 unspecified atom stereocenters. The number of fused-ring (bicyclic) bond motifs is 2. The highest BCUT2D eigenvalue weighted by Crippen LogP contribution is 2.42. The number of carbonyl (C=O) groups excluding carboxylic acids is 2. The Morgan fingerprint density at radius 3 is 2.57 bits per heavy atom. The molecule has 2 aliphatic rings. The highest BCUT2D eigenvalue weighted by Gasteiger charge is 2.39. The molecule has 12 heteroatoms. The first kappa shape index (κ1) is 36.3. The molecule has 1 aliphatic carbocycles. The zero-order chi connectivity index (χ0) is 34.4. The minimum atomic E-state index is -4.23. The first-order chi connectivity index (χ1) is 22.3. The van der Waals surface area contributed by atoms with Gasteiger partial charge in [-0.3, -0.25) is 4.79 Å². The predicted molar refractivity (Wildman–Crippen MR) is 185 cm³/mol. The van der Waals surface area contributed by atoms with Crippen molar-refractivity contribution in [3.63, 3.8) is 0 Å². The third-order valence-corrected chi connectivity index (χ3v) is 10.5. The van der Waals surface area contributed by atoms with Gasteiger partial charge in [-0.2, -0.15) is 0 Å². The Bertz CT molecular complexity index is 1580. The van der Waals surface area contributed by atoms with Gasteiger partial charge >= 0.3 is 6.09 Å². The molecule has 2 aromatic carbocycles. The van der Waals surface area contributed by atoms with Crippen LogP contribution in [-0.2, 0) is 32.6 Å². The van der Waals surface area contributed by atoms with Crippen LogP contribution in [0.25, 0.3) is 0 Å². The molecule has 0 spiro atoms. The second-order valence-electron chi connectivity index (χ2n) is 12.9. The molecule has 1 heterocycles. The van der Waals surface area contributed by atoms with E-state index in [-0.39, 0.29) is 23.3 Å². The Morgan fingerprint density at radius 2 is 1.91 bits per heavy atom. The highest BCUT2D eigenvalue weighted by atomic mass is 35.5. The highest BCUT2D eigenvalue weighted by molar-refractivity contribution is 7.90. The van der Waals surface area contributed by atoms with Gasteiger partial charge in [0, 0.05) is 44.7 Å². The van der Waals surface area contributed by atoms with Crippen LogP contribution in [0.3, 0.4) is 0 Å². The molecule has 0 bridgehead atoms. The van der Waals surface area contributed by atoms with E-state index in [4.69, 9.17) is 21.1 Å². The summed E-state index contributed by atoms with van der Waals surface area (Å²) in [7, 11) is -0.942. The van der Waals surface area contributed by atoms with Crippen LogP contribution < -0.4 is 19.7 Å². The number of hydrogen-bond donors (Lipinski definition) is 2. The van der Waals surface area contributed by atoms with Crippen LogP contribution in [0.15, 0.2) is 66.6 Å². The first-order valence-electron chi connectivity index (χ1n) is 16.0. The molecule has 2 N–H and O–H groups in total. The molecule has 1 saturated carbocycles. The van der Waals surface area contributed by atoms with Crippen LogP contribution in [-0.4, -0.2) is 70.7 Å². The van der Waals surface area contributed by atoms with Crippen molar-refractivity contribution in [2.24, 2.45) is 11.8 Å². The maximum Gasteiger partial charge on any atom is 0.409 e. The minimum absolute atomic E-state index is 0.0474. The SMILES string of the molecule is C=CCNC(C)(C)C(=O)NS(=O)(=O)c1ccc2c(c1)N(C[C@@H]1CC[C@H]1[C@H](C=C)OC(=O)N(C)C)CCCCc1cc(Cl)ccc1CO2. The number of rotatable bonds is 11. The van der Waals surface area contributed by atoms with Gasteiger partial charge in [0.15, 0.2) is 0 Å². The summed E-state index contributed by atoms with van der Waals surface area (Å²) in [6.45, 7) is 12.6. The number of nitrogens with zero attached hydrogens (tertiary/aromatic N) is 2. The number of aryl methyl sites for hydroxylation is 1. The van der Waals surface area contributed by atoms with Crippen LogP contribution in [0.2, 0.25) is 5.02 Å². The fourth-order valence-corrected chi connectivity index (χ4v) is 7.20. The monoisotopic (exact) mass is 686 g/mol. The van der Waals surface area contributed by atoms with Crippen LogP contribution >= 0.6 is 11.6 Å². The molecule has 0 radical (unpaired) electrons. The van der Waals surface area contributed by atoms with Gasteiger partial charge in [-0.05, 0) is 93.3 Å². The normalized spacial score (nSPS) is 19.0. The van der Waals surface area contributed by atoms with Crippen molar-refractivity contribution in [1.82, 2.24) is 14.9 Å². The van der Waals surface area contributed by atoms with Gasteiger partial charge in [-0.1, -0.05) is 36.4 Å². The molecule has 3 atom stereocenters. The molecule has 10 nitrogen and oxygen atoms in total. The average Bonchev–Trinajstić information content (AvgIpc) is 3.04. The van der Waals surface area contributed by atoms with Crippen LogP contribution in [0, 0.1) is 11.8 Å².